The summed E-state index contributed by atoms with van der Waals surface area (Å²) in [6, 6.07) is 11.6. The van der Waals surface area contributed by atoms with E-state index in [1.54, 1.807) is 6.20 Å². The van der Waals surface area contributed by atoms with Crippen LogP contribution in [-0.2, 0) is 17.8 Å². The predicted molar refractivity (Wildman–Crippen MR) is 110 cm³/mol. The van der Waals surface area contributed by atoms with Crippen molar-refractivity contribution in [2.45, 2.75) is 51.8 Å². The summed E-state index contributed by atoms with van der Waals surface area (Å²) < 4.78 is 3.76. The Morgan fingerprint density at radius 1 is 1.21 bits per heavy atom. The van der Waals surface area contributed by atoms with Crippen LogP contribution in [0.4, 0.5) is 0 Å². The van der Waals surface area contributed by atoms with Crippen LogP contribution in [0.1, 0.15) is 29.8 Å². The molecule has 1 aliphatic rings. The third kappa shape index (κ3) is 4.24. The zero-order valence-electron chi connectivity index (χ0n) is 16.8. The number of amides is 1. The molecule has 0 saturated heterocycles. The molecule has 3 atom stereocenters. The first kappa shape index (κ1) is 19.4. The van der Waals surface area contributed by atoms with Gasteiger partial charge in [-0.2, -0.15) is 10.2 Å². The third-order valence-electron chi connectivity index (χ3n) is 5.76. The number of hydrogen-bond acceptors (Lipinski definition) is 4. The van der Waals surface area contributed by atoms with Crippen molar-refractivity contribution >= 4 is 5.91 Å². The van der Waals surface area contributed by atoms with Gasteiger partial charge in [-0.05, 0) is 50.8 Å². The minimum Gasteiger partial charge on any atom is -0.391 e. The molecule has 29 heavy (non-hydrogen) atoms. The number of aliphatic hydroxyl groups excluding tert-OH is 1. The largest absolute Gasteiger partial charge is 0.391 e. The molecule has 152 valence electrons. The van der Waals surface area contributed by atoms with Crippen molar-refractivity contribution in [2.24, 2.45) is 5.92 Å². The Morgan fingerprint density at radius 3 is 2.72 bits per heavy atom. The lowest BCUT2D eigenvalue weighted by Crippen LogP contribution is -2.40. The summed E-state index contributed by atoms with van der Waals surface area (Å²) in [5.41, 5.74) is 3.73. The van der Waals surface area contributed by atoms with Gasteiger partial charge in [0.2, 0.25) is 5.91 Å². The minimum atomic E-state index is -0.520. The Morgan fingerprint density at radius 2 is 2.00 bits per heavy atom. The number of benzene rings is 1. The van der Waals surface area contributed by atoms with Crippen LogP contribution in [0.2, 0.25) is 0 Å². The number of aliphatic hydroxyl groups is 1. The lowest BCUT2D eigenvalue weighted by molar-refractivity contribution is -0.121. The molecular formula is C22H27N5O2. The fraction of sp³-hybridized carbons (Fsp3) is 0.409. The molecule has 1 saturated carbocycles. The van der Waals surface area contributed by atoms with Crippen LogP contribution in [-0.4, -0.2) is 42.7 Å². The van der Waals surface area contributed by atoms with Crippen LogP contribution >= 0.6 is 0 Å². The standard InChI is InChI=1S/C22H27N5O2/c1-15-19(16(2)27(25-15)18-7-4-3-5-8-18)13-22(29)24-20-11-17(12-21(20)28)14-26-10-6-9-23-26/h3-10,17,20-21,28H,11-14H2,1-2H3,(H,24,29)/t17?,20-,21-/m1/s1. The van der Waals surface area contributed by atoms with Crippen LogP contribution in [0.5, 0.6) is 0 Å². The SMILES string of the molecule is Cc1nn(-c2ccccc2)c(C)c1CC(=O)N[C@@H]1CC(Cn2cccn2)C[C@H]1O. The molecule has 2 heterocycles. The van der Waals surface area contributed by atoms with Crippen molar-refractivity contribution in [3.05, 3.63) is 65.7 Å². The molecule has 4 rings (SSSR count). The van der Waals surface area contributed by atoms with Crippen molar-refractivity contribution in [3.63, 3.8) is 0 Å². The van der Waals surface area contributed by atoms with E-state index in [1.165, 1.54) is 0 Å². The van der Waals surface area contributed by atoms with E-state index in [2.05, 4.69) is 15.5 Å². The van der Waals surface area contributed by atoms with E-state index in [1.807, 2.05) is 65.8 Å². The number of carbonyl (C=O) groups excluding carboxylic acids is 1. The summed E-state index contributed by atoms with van der Waals surface area (Å²) in [5, 5.41) is 22.3. The molecule has 0 spiro atoms. The highest BCUT2D eigenvalue weighted by Crippen LogP contribution is 2.27. The van der Waals surface area contributed by atoms with E-state index < -0.39 is 6.10 Å². The third-order valence-corrected chi connectivity index (χ3v) is 5.76. The number of hydrogen-bond donors (Lipinski definition) is 2. The normalized spacial score (nSPS) is 21.4. The van der Waals surface area contributed by atoms with Gasteiger partial charge in [0.25, 0.3) is 0 Å². The summed E-state index contributed by atoms with van der Waals surface area (Å²) >= 11 is 0. The number of aromatic nitrogens is 4. The maximum Gasteiger partial charge on any atom is 0.224 e. The van der Waals surface area contributed by atoms with Crippen molar-refractivity contribution in [3.8, 4) is 5.69 Å². The molecule has 1 fully saturated rings. The molecule has 0 aliphatic heterocycles. The van der Waals surface area contributed by atoms with Gasteiger partial charge >= 0.3 is 0 Å². The van der Waals surface area contributed by atoms with Gasteiger partial charge in [-0.1, -0.05) is 18.2 Å². The number of carbonyl (C=O) groups is 1. The van der Waals surface area contributed by atoms with Gasteiger partial charge in [-0.15, -0.1) is 0 Å². The molecule has 1 unspecified atom stereocenters. The first-order chi connectivity index (χ1) is 14.0. The van der Waals surface area contributed by atoms with Crippen molar-refractivity contribution in [1.29, 1.82) is 0 Å². The number of rotatable bonds is 6. The van der Waals surface area contributed by atoms with E-state index >= 15 is 0 Å². The smallest absolute Gasteiger partial charge is 0.224 e. The highest BCUT2D eigenvalue weighted by Gasteiger charge is 2.34. The molecule has 3 aromatic rings. The van der Waals surface area contributed by atoms with Gasteiger partial charge in [0.05, 0.1) is 29.9 Å². The average molecular weight is 393 g/mol. The Bertz CT molecular complexity index is 965. The molecule has 2 N–H and O–H groups in total. The van der Waals surface area contributed by atoms with Gasteiger partial charge in [-0.3, -0.25) is 9.48 Å². The Balaban J connectivity index is 1.39. The van der Waals surface area contributed by atoms with Gasteiger partial charge in [0.15, 0.2) is 0 Å². The molecule has 0 bridgehead atoms. The quantitative estimate of drug-likeness (QED) is 0.672. The average Bonchev–Trinajstić information content (AvgIpc) is 3.40. The predicted octanol–water partition coefficient (Wildman–Crippen LogP) is 2.18. The number of para-hydroxylation sites is 1. The highest BCUT2D eigenvalue weighted by atomic mass is 16.3. The van der Waals surface area contributed by atoms with Crippen LogP contribution < -0.4 is 5.32 Å². The zero-order chi connectivity index (χ0) is 20.4. The van der Waals surface area contributed by atoms with Crippen LogP contribution in [0, 0.1) is 19.8 Å². The minimum absolute atomic E-state index is 0.0763. The second kappa shape index (κ2) is 8.21. The van der Waals surface area contributed by atoms with Gasteiger partial charge in [0.1, 0.15) is 0 Å². The number of aryl methyl sites for hydroxylation is 1. The van der Waals surface area contributed by atoms with E-state index in [0.717, 1.165) is 35.6 Å². The fourth-order valence-corrected chi connectivity index (χ4v) is 4.27. The number of nitrogens with one attached hydrogen (secondary N) is 1. The molecule has 7 heteroatoms. The Kier molecular flexibility index (Phi) is 5.49. The second-order valence-electron chi connectivity index (χ2n) is 7.88. The molecule has 0 radical (unpaired) electrons. The zero-order valence-corrected chi connectivity index (χ0v) is 16.8. The summed E-state index contributed by atoms with van der Waals surface area (Å²) in [5.74, 6) is 0.229. The summed E-state index contributed by atoms with van der Waals surface area (Å²) in [6.45, 7) is 4.68. The van der Waals surface area contributed by atoms with Crippen LogP contribution in [0.3, 0.4) is 0 Å². The second-order valence-corrected chi connectivity index (χ2v) is 7.88. The monoisotopic (exact) mass is 393 g/mol. The van der Waals surface area contributed by atoms with E-state index in [-0.39, 0.29) is 18.4 Å². The molecule has 1 amide bonds. The van der Waals surface area contributed by atoms with Crippen molar-refractivity contribution in [1.82, 2.24) is 24.9 Å². The van der Waals surface area contributed by atoms with E-state index in [9.17, 15) is 9.90 Å². The Hall–Kier alpha value is -2.93. The molecule has 7 nitrogen and oxygen atoms in total. The maximum absolute atomic E-state index is 12.7. The summed E-state index contributed by atoms with van der Waals surface area (Å²) in [7, 11) is 0. The van der Waals surface area contributed by atoms with Gasteiger partial charge < -0.3 is 10.4 Å². The first-order valence-corrected chi connectivity index (χ1v) is 10.1. The summed E-state index contributed by atoms with van der Waals surface area (Å²) in [4.78, 5) is 12.7. The lowest BCUT2D eigenvalue weighted by atomic mass is 10.1. The molecule has 1 aromatic carbocycles. The molecular weight excluding hydrogens is 366 g/mol. The van der Waals surface area contributed by atoms with Gasteiger partial charge in [0, 0.05) is 30.2 Å². The fourth-order valence-electron chi connectivity index (χ4n) is 4.27. The van der Waals surface area contributed by atoms with Gasteiger partial charge in [-0.25, -0.2) is 4.68 Å². The van der Waals surface area contributed by atoms with Crippen molar-refractivity contribution in [2.75, 3.05) is 0 Å². The lowest BCUT2D eigenvalue weighted by Gasteiger charge is -2.16. The van der Waals surface area contributed by atoms with E-state index in [0.29, 0.717) is 12.3 Å². The maximum atomic E-state index is 12.7. The van der Waals surface area contributed by atoms with Crippen LogP contribution in [0.25, 0.3) is 5.69 Å². The topological polar surface area (TPSA) is 85.0 Å². The van der Waals surface area contributed by atoms with Crippen molar-refractivity contribution < 1.29 is 9.90 Å². The van der Waals surface area contributed by atoms with Crippen LogP contribution in [0.15, 0.2) is 48.8 Å². The summed E-state index contributed by atoms with van der Waals surface area (Å²) in [6.07, 6.45) is 4.85. The molecule has 2 aromatic heterocycles. The number of nitrogens with zero attached hydrogens (tertiary/aromatic N) is 4. The molecule has 1 aliphatic carbocycles. The first-order valence-electron chi connectivity index (χ1n) is 10.1. The Labute approximate surface area is 170 Å². The van der Waals surface area contributed by atoms with E-state index in [4.69, 9.17) is 0 Å². The highest BCUT2D eigenvalue weighted by molar-refractivity contribution is 5.79.